The molecule has 4 aromatic rings. The fourth-order valence-corrected chi connectivity index (χ4v) is 6.40. The summed E-state index contributed by atoms with van der Waals surface area (Å²) in [6.07, 6.45) is 0.239. The first-order chi connectivity index (χ1) is 20.5. The van der Waals surface area contributed by atoms with E-state index < -0.39 is 28.5 Å². The molecule has 0 unspecified atom stereocenters. The zero-order valence-corrected chi connectivity index (χ0v) is 27.0. The molecule has 0 saturated carbocycles. The van der Waals surface area contributed by atoms with Crippen LogP contribution in [0.25, 0.3) is 0 Å². The minimum Gasteiger partial charge on any atom is -0.352 e. The van der Waals surface area contributed by atoms with Crippen LogP contribution >= 0.6 is 27.5 Å². The molecule has 0 bridgehead atoms. The van der Waals surface area contributed by atoms with Gasteiger partial charge in [0, 0.05) is 28.5 Å². The Morgan fingerprint density at radius 3 is 1.98 bits per heavy atom. The van der Waals surface area contributed by atoms with Crippen molar-refractivity contribution in [2.24, 2.45) is 0 Å². The van der Waals surface area contributed by atoms with Gasteiger partial charge in [0.25, 0.3) is 10.0 Å². The molecule has 0 spiro atoms. The number of nitrogens with one attached hydrogen (secondary N) is 1. The molecule has 0 aromatic heterocycles. The molecule has 1 N–H and O–H groups in total. The molecule has 0 fully saturated rings. The molecule has 0 saturated heterocycles. The molecule has 10 heteroatoms. The Hall–Kier alpha value is -3.66. The van der Waals surface area contributed by atoms with E-state index in [9.17, 15) is 18.0 Å². The second-order valence-electron chi connectivity index (χ2n) is 10.3. The number of sulfonamides is 1. The quantitative estimate of drug-likeness (QED) is 0.186. The topological polar surface area (TPSA) is 86.8 Å². The summed E-state index contributed by atoms with van der Waals surface area (Å²) in [7, 11) is -4.15. The summed E-state index contributed by atoms with van der Waals surface area (Å²) in [5.41, 5.74) is 1.93. The van der Waals surface area contributed by atoms with Crippen LogP contribution in [-0.4, -0.2) is 43.8 Å². The van der Waals surface area contributed by atoms with E-state index in [1.165, 1.54) is 17.0 Å². The average Bonchev–Trinajstić information content (AvgIpc) is 2.99. The molecule has 1 atom stereocenters. The lowest BCUT2D eigenvalue weighted by atomic mass is 10.0. The summed E-state index contributed by atoms with van der Waals surface area (Å²) in [5, 5.41) is 3.49. The second-order valence-corrected chi connectivity index (χ2v) is 13.5. The van der Waals surface area contributed by atoms with Gasteiger partial charge >= 0.3 is 0 Å². The summed E-state index contributed by atoms with van der Waals surface area (Å²) >= 11 is 9.52. The van der Waals surface area contributed by atoms with Crippen LogP contribution in [-0.2, 0) is 32.6 Å². The van der Waals surface area contributed by atoms with E-state index in [0.29, 0.717) is 10.7 Å². The number of carbonyl (C=O) groups is 2. The van der Waals surface area contributed by atoms with Crippen molar-refractivity contribution in [2.45, 2.75) is 43.8 Å². The first-order valence-electron chi connectivity index (χ1n) is 13.8. The van der Waals surface area contributed by atoms with Crippen LogP contribution in [0.2, 0.25) is 5.02 Å². The average molecular weight is 683 g/mol. The lowest BCUT2D eigenvalue weighted by molar-refractivity contribution is -0.140. The van der Waals surface area contributed by atoms with Gasteiger partial charge in [-0.3, -0.25) is 13.9 Å². The highest BCUT2D eigenvalue weighted by Gasteiger charge is 2.34. The van der Waals surface area contributed by atoms with Crippen molar-refractivity contribution in [1.82, 2.24) is 10.2 Å². The normalized spacial score (nSPS) is 12.0. The highest BCUT2D eigenvalue weighted by molar-refractivity contribution is 9.10. The number of anilines is 1. The third-order valence-corrected chi connectivity index (χ3v) is 9.26. The van der Waals surface area contributed by atoms with Crippen LogP contribution in [0.5, 0.6) is 0 Å². The van der Waals surface area contributed by atoms with Crippen molar-refractivity contribution in [3.05, 3.63) is 130 Å². The maximum atomic E-state index is 14.4. The van der Waals surface area contributed by atoms with Gasteiger partial charge in [-0.2, -0.15) is 0 Å². The van der Waals surface area contributed by atoms with Crippen molar-refractivity contribution in [2.75, 3.05) is 10.8 Å². The number of hydrogen-bond acceptors (Lipinski definition) is 4. The molecule has 4 rings (SSSR count). The Balaban J connectivity index is 1.79. The Morgan fingerprint density at radius 1 is 0.814 bits per heavy atom. The fraction of sp³-hybridized carbons (Fsp3) is 0.212. The van der Waals surface area contributed by atoms with E-state index in [1.807, 2.05) is 44.2 Å². The molecule has 0 aliphatic carbocycles. The third-order valence-electron chi connectivity index (χ3n) is 6.69. The minimum absolute atomic E-state index is 0.0494. The Labute approximate surface area is 266 Å². The van der Waals surface area contributed by atoms with Gasteiger partial charge < -0.3 is 10.2 Å². The maximum Gasteiger partial charge on any atom is 0.264 e. The highest BCUT2D eigenvalue weighted by Crippen LogP contribution is 2.26. The monoisotopic (exact) mass is 681 g/mol. The van der Waals surface area contributed by atoms with Crippen molar-refractivity contribution in [3.8, 4) is 0 Å². The molecule has 0 heterocycles. The van der Waals surface area contributed by atoms with Crippen LogP contribution < -0.4 is 9.62 Å². The first-order valence-corrected chi connectivity index (χ1v) is 16.4. The number of carbonyl (C=O) groups excluding carboxylic acids is 2. The largest absolute Gasteiger partial charge is 0.352 e. The maximum absolute atomic E-state index is 14.4. The van der Waals surface area contributed by atoms with Gasteiger partial charge in [-0.1, -0.05) is 88.2 Å². The fourth-order valence-electron chi connectivity index (χ4n) is 4.58. The SMILES string of the molecule is CC(C)NC(=O)[C@@H](Cc1ccccc1)N(Cc1ccc(Cl)cc1)C(=O)CN(c1ccc(Br)cc1)S(=O)(=O)c1ccccc1. The first kappa shape index (κ1) is 32.3. The number of rotatable bonds is 12. The molecule has 0 radical (unpaired) electrons. The summed E-state index contributed by atoms with van der Waals surface area (Å²) < 4.78 is 29.8. The Kier molecular flexibility index (Phi) is 11.0. The number of nitrogens with zero attached hydrogens (tertiary/aromatic N) is 2. The van der Waals surface area contributed by atoms with Gasteiger partial charge in [0.05, 0.1) is 10.6 Å². The van der Waals surface area contributed by atoms with Gasteiger partial charge in [-0.05, 0) is 73.5 Å². The zero-order chi connectivity index (χ0) is 31.0. The van der Waals surface area contributed by atoms with Crippen LogP contribution in [0.1, 0.15) is 25.0 Å². The van der Waals surface area contributed by atoms with Gasteiger partial charge in [-0.25, -0.2) is 8.42 Å². The Bertz CT molecular complexity index is 1620. The van der Waals surface area contributed by atoms with Crippen molar-refractivity contribution >= 4 is 55.1 Å². The van der Waals surface area contributed by atoms with Crippen molar-refractivity contribution < 1.29 is 18.0 Å². The summed E-state index contributed by atoms with van der Waals surface area (Å²) in [6.45, 7) is 3.25. The van der Waals surface area contributed by atoms with Crippen molar-refractivity contribution in [1.29, 1.82) is 0 Å². The van der Waals surface area contributed by atoms with Gasteiger partial charge in [0.1, 0.15) is 12.6 Å². The lowest BCUT2D eigenvalue weighted by Crippen LogP contribution is -2.54. The molecule has 224 valence electrons. The predicted octanol–water partition coefficient (Wildman–Crippen LogP) is 6.46. The van der Waals surface area contributed by atoms with E-state index in [1.54, 1.807) is 66.7 Å². The summed E-state index contributed by atoms with van der Waals surface area (Å²) in [4.78, 5) is 29.6. The minimum atomic E-state index is -4.15. The smallest absolute Gasteiger partial charge is 0.264 e. The van der Waals surface area contributed by atoms with Gasteiger partial charge in [-0.15, -0.1) is 0 Å². The van der Waals surface area contributed by atoms with E-state index in [0.717, 1.165) is 19.9 Å². The predicted molar refractivity (Wildman–Crippen MR) is 174 cm³/mol. The van der Waals surface area contributed by atoms with Crippen LogP contribution in [0.3, 0.4) is 0 Å². The third kappa shape index (κ3) is 8.69. The molecule has 7 nitrogen and oxygen atoms in total. The lowest BCUT2D eigenvalue weighted by Gasteiger charge is -2.34. The van der Waals surface area contributed by atoms with Crippen LogP contribution in [0.15, 0.2) is 119 Å². The molecule has 4 aromatic carbocycles. The molecular formula is C33H33BrClN3O4S. The number of hydrogen-bond donors (Lipinski definition) is 1. The zero-order valence-electron chi connectivity index (χ0n) is 23.9. The molecular weight excluding hydrogens is 650 g/mol. The van der Waals surface area contributed by atoms with Crippen molar-refractivity contribution in [3.63, 3.8) is 0 Å². The highest BCUT2D eigenvalue weighted by atomic mass is 79.9. The van der Waals surface area contributed by atoms with Crippen LogP contribution in [0.4, 0.5) is 5.69 Å². The summed E-state index contributed by atoms with van der Waals surface area (Å²) in [5.74, 6) is -0.862. The van der Waals surface area contributed by atoms with E-state index in [-0.39, 0.29) is 29.8 Å². The van der Waals surface area contributed by atoms with Gasteiger partial charge in [0.2, 0.25) is 11.8 Å². The van der Waals surface area contributed by atoms with Gasteiger partial charge in [0.15, 0.2) is 0 Å². The number of halogens is 2. The van der Waals surface area contributed by atoms with Crippen LogP contribution in [0, 0.1) is 0 Å². The summed E-state index contributed by atoms with van der Waals surface area (Å²) in [6, 6.07) is 30.0. The number of amides is 2. The number of benzene rings is 4. The molecule has 43 heavy (non-hydrogen) atoms. The molecule has 0 aliphatic rings. The molecule has 2 amide bonds. The van der Waals surface area contributed by atoms with E-state index in [2.05, 4.69) is 21.2 Å². The standard InChI is InChI=1S/C33H33BrClN3O4S/c1-24(2)36-33(40)31(21-25-9-5-3-6-10-25)37(22-26-13-17-28(35)18-14-26)32(39)23-38(29-19-15-27(34)16-20-29)43(41,42)30-11-7-4-8-12-30/h3-20,24,31H,21-23H2,1-2H3,(H,36,40)/t31-/m1/s1. The van der Waals surface area contributed by atoms with E-state index >= 15 is 0 Å². The Morgan fingerprint density at radius 2 is 1.40 bits per heavy atom. The van der Waals surface area contributed by atoms with E-state index in [4.69, 9.17) is 11.6 Å². The second kappa shape index (κ2) is 14.7. The molecule has 0 aliphatic heterocycles.